The molecule has 0 saturated carbocycles. The van der Waals surface area contributed by atoms with Crippen molar-refractivity contribution in [1.82, 2.24) is 9.80 Å². The third kappa shape index (κ3) is 4.84. The van der Waals surface area contributed by atoms with Gasteiger partial charge in [0.25, 0.3) is 11.8 Å². The molecule has 0 aromatic heterocycles. The number of carbonyl (C=O) groups is 2. The molecule has 37 heavy (non-hydrogen) atoms. The van der Waals surface area contributed by atoms with Crippen molar-refractivity contribution in [3.05, 3.63) is 82.9 Å². The molecule has 0 aliphatic carbocycles. The van der Waals surface area contributed by atoms with E-state index in [1.807, 2.05) is 55.5 Å². The highest BCUT2D eigenvalue weighted by atomic mass is 16.5. The number of para-hydroxylation sites is 1. The summed E-state index contributed by atoms with van der Waals surface area (Å²) >= 11 is 0. The summed E-state index contributed by atoms with van der Waals surface area (Å²) in [6.07, 6.45) is 0. The van der Waals surface area contributed by atoms with Crippen LogP contribution in [0.15, 0.2) is 60.7 Å². The van der Waals surface area contributed by atoms with Crippen LogP contribution in [0.1, 0.15) is 38.8 Å². The van der Waals surface area contributed by atoms with E-state index in [-0.39, 0.29) is 24.1 Å². The van der Waals surface area contributed by atoms with Gasteiger partial charge in [-0.05, 0) is 42.8 Å². The number of phenolic OH excluding ortho intramolecular Hbond substituents is 1. The lowest BCUT2D eigenvalue weighted by molar-refractivity contribution is 0.0642. The highest BCUT2D eigenvalue weighted by Gasteiger charge is 2.38. The molecule has 8 heteroatoms. The number of benzene rings is 3. The predicted molar refractivity (Wildman–Crippen MR) is 140 cm³/mol. The second-order valence-corrected chi connectivity index (χ2v) is 9.20. The van der Waals surface area contributed by atoms with Crippen LogP contribution in [-0.4, -0.2) is 66.6 Å². The average molecular weight is 502 g/mol. The van der Waals surface area contributed by atoms with Gasteiger partial charge in [-0.3, -0.25) is 19.4 Å². The van der Waals surface area contributed by atoms with Gasteiger partial charge in [0.05, 0.1) is 37.1 Å². The molecule has 0 bridgehead atoms. The molecule has 2 aliphatic heterocycles. The van der Waals surface area contributed by atoms with Gasteiger partial charge < -0.3 is 19.5 Å². The van der Waals surface area contributed by atoms with Crippen molar-refractivity contribution in [2.24, 2.45) is 0 Å². The molecule has 2 heterocycles. The molecule has 2 amide bonds. The number of hydrogen-bond donors (Lipinski definition) is 1. The highest BCUT2D eigenvalue weighted by molar-refractivity contribution is 6.23. The first-order valence-corrected chi connectivity index (χ1v) is 12.5. The van der Waals surface area contributed by atoms with Crippen LogP contribution >= 0.6 is 0 Å². The lowest BCUT2D eigenvalue weighted by Gasteiger charge is -2.36. The zero-order valence-electron chi connectivity index (χ0n) is 21.1. The predicted octanol–water partition coefficient (Wildman–Crippen LogP) is 3.92. The van der Waals surface area contributed by atoms with Gasteiger partial charge in [0, 0.05) is 38.3 Å². The van der Waals surface area contributed by atoms with Crippen molar-refractivity contribution < 1.29 is 24.2 Å². The Morgan fingerprint density at radius 2 is 1.59 bits per heavy atom. The fourth-order valence-electron chi connectivity index (χ4n) is 4.99. The monoisotopic (exact) mass is 501 g/mol. The second kappa shape index (κ2) is 10.5. The molecular weight excluding hydrogens is 470 g/mol. The number of carbonyl (C=O) groups excluding carboxylic acids is 2. The summed E-state index contributed by atoms with van der Waals surface area (Å²) in [5.74, 6) is 0.895. The third-order valence-corrected chi connectivity index (χ3v) is 6.97. The van der Waals surface area contributed by atoms with Crippen molar-refractivity contribution in [2.45, 2.75) is 20.0 Å². The number of ether oxygens (including phenoxy) is 2. The molecular formula is C29H31N3O5. The molecule has 0 spiro atoms. The summed E-state index contributed by atoms with van der Waals surface area (Å²) in [7, 11) is 1.60. The summed E-state index contributed by atoms with van der Waals surface area (Å²) < 4.78 is 10.7. The van der Waals surface area contributed by atoms with Crippen LogP contribution in [0, 0.1) is 0 Å². The van der Waals surface area contributed by atoms with E-state index in [9.17, 15) is 14.7 Å². The number of imide groups is 1. The van der Waals surface area contributed by atoms with E-state index in [1.165, 1.54) is 4.90 Å². The van der Waals surface area contributed by atoms with E-state index < -0.39 is 0 Å². The smallest absolute Gasteiger partial charge is 0.263 e. The van der Waals surface area contributed by atoms with Crippen LogP contribution in [0.5, 0.6) is 17.2 Å². The van der Waals surface area contributed by atoms with Crippen molar-refractivity contribution in [2.75, 3.05) is 44.8 Å². The van der Waals surface area contributed by atoms with E-state index in [4.69, 9.17) is 9.47 Å². The topological polar surface area (TPSA) is 82.5 Å². The number of fused-ring (bicyclic) bond motifs is 1. The molecule has 0 unspecified atom stereocenters. The van der Waals surface area contributed by atoms with E-state index in [2.05, 4.69) is 9.80 Å². The third-order valence-electron chi connectivity index (χ3n) is 6.97. The number of amides is 2. The fourth-order valence-corrected chi connectivity index (χ4v) is 4.99. The van der Waals surface area contributed by atoms with Crippen LogP contribution in [0.25, 0.3) is 0 Å². The summed E-state index contributed by atoms with van der Waals surface area (Å²) in [5, 5.41) is 10.6. The van der Waals surface area contributed by atoms with Crippen molar-refractivity contribution >= 4 is 17.5 Å². The highest BCUT2D eigenvalue weighted by Crippen LogP contribution is 2.34. The van der Waals surface area contributed by atoms with E-state index >= 15 is 0 Å². The molecule has 0 radical (unpaired) electrons. The number of aromatic hydroxyl groups is 1. The van der Waals surface area contributed by atoms with Crippen molar-refractivity contribution in [1.29, 1.82) is 0 Å². The van der Waals surface area contributed by atoms with Gasteiger partial charge in [-0.2, -0.15) is 0 Å². The van der Waals surface area contributed by atoms with Gasteiger partial charge in [-0.1, -0.05) is 30.3 Å². The average Bonchev–Trinajstić information content (AvgIpc) is 3.17. The normalized spacial score (nSPS) is 15.7. The number of piperazine rings is 1. The van der Waals surface area contributed by atoms with Gasteiger partial charge in [-0.15, -0.1) is 0 Å². The molecule has 5 rings (SSSR count). The van der Waals surface area contributed by atoms with Crippen LogP contribution < -0.4 is 14.4 Å². The zero-order valence-corrected chi connectivity index (χ0v) is 21.1. The Bertz CT molecular complexity index is 1300. The number of methoxy groups -OCH3 is 1. The molecule has 1 saturated heterocycles. The molecule has 3 aromatic carbocycles. The van der Waals surface area contributed by atoms with Gasteiger partial charge in [0.2, 0.25) is 0 Å². The van der Waals surface area contributed by atoms with Gasteiger partial charge in [0.1, 0.15) is 5.75 Å². The Morgan fingerprint density at radius 3 is 2.30 bits per heavy atom. The minimum absolute atomic E-state index is 0.189. The van der Waals surface area contributed by atoms with Crippen LogP contribution in [0.2, 0.25) is 0 Å². The summed E-state index contributed by atoms with van der Waals surface area (Å²) in [5.41, 5.74) is 3.43. The first-order valence-electron chi connectivity index (χ1n) is 12.5. The van der Waals surface area contributed by atoms with Crippen molar-refractivity contribution in [3.8, 4) is 17.2 Å². The zero-order chi connectivity index (χ0) is 25.9. The quantitative estimate of drug-likeness (QED) is 0.469. The van der Waals surface area contributed by atoms with Crippen LogP contribution in [0.4, 0.5) is 5.69 Å². The molecule has 192 valence electrons. The summed E-state index contributed by atoms with van der Waals surface area (Å²) in [4.78, 5) is 32.3. The number of nitrogens with zero attached hydrogens (tertiary/aromatic N) is 3. The molecule has 8 nitrogen and oxygen atoms in total. The van der Waals surface area contributed by atoms with E-state index in [1.54, 1.807) is 19.2 Å². The Balaban J connectivity index is 1.28. The van der Waals surface area contributed by atoms with Gasteiger partial charge in [-0.25, -0.2) is 0 Å². The number of phenols is 1. The lowest BCUT2D eigenvalue weighted by atomic mass is 10.1. The number of hydrogen-bond acceptors (Lipinski definition) is 7. The molecule has 2 aliphatic rings. The maximum absolute atomic E-state index is 13.4. The molecule has 0 atom stereocenters. The minimum atomic E-state index is -0.263. The molecule has 1 fully saturated rings. The van der Waals surface area contributed by atoms with Crippen LogP contribution in [-0.2, 0) is 13.1 Å². The maximum Gasteiger partial charge on any atom is 0.263 e. The first-order chi connectivity index (χ1) is 18.0. The van der Waals surface area contributed by atoms with E-state index in [0.717, 1.165) is 35.7 Å². The Labute approximate surface area is 216 Å². The van der Waals surface area contributed by atoms with Crippen molar-refractivity contribution in [3.63, 3.8) is 0 Å². The largest absolute Gasteiger partial charge is 0.504 e. The summed E-state index contributed by atoms with van der Waals surface area (Å²) in [6, 6.07) is 18.5. The number of anilines is 1. The van der Waals surface area contributed by atoms with Gasteiger partial charge >= 0.3 is 0 Å². The molecule has 1 N–H and O–H groups in total. The lowest BCUT2D eigenvalue weighted by Crippen LogP contribution is -2.46. The maximum atomic E-state index is 13.4. The SMILES string of the molecule is CCOc1cccc(CN2CCN(c3cccc4c3C(=O)N(Cc3ccc(OC)cc3)C4=O)CC2)c1O. The van der Waals surface area contributed by atoms with Gasteiger partial charge in [0.15, 0.2) is 11.5 Å². The standard InChI is InChI=1S/C29H31N3O5/c1-3-37-25-9-4-6-21(27(25)33)19-30-14-16-31(17-15-30)24-8-5-7-23-26(24)29(35)32(28(23)34)18-20-10-12-22(36-2)13-11-20/h4-13,33H,3,14-19H2,1-2H3. The Morgan fingerprint density at radius 1 is 0.865 bits per heavy atom. The van der Waals surface area contributed by atoms with Crippen LogP contribution in [0.3, 0.4) is 0 Å². The Kier molecular flexibility index (Phi) is 7.01. The Hall–Kier alpha value is -4.04. The second-order valence-electron chi connectivity index (χ2n) is 9.20. The molecule has 3 aromatic rings. The fraction of sp³-hybridized carbons (Fsp3) is 0.310. The summed E-state index contributed by atoms with van der Waals surface area (Å²) in [6.45, 7) is 6.16. The first kappa shape index (κ1) is 24.6. The number of rotatable bonds is 8. The minimum Gasteiger partial charge on any atom is -0.504 e. The van der Waals surface area contributed by atoms with E-state index in [0.29, 0.717) is 43.1 Å².